The molecule has 0 nitrogen and oxygen atoms in total. The van der Waals surface area contributed by atoms with Gasteiger partial charge in [0.1, 0.15) is 0 Å². The van der Waals surface area contributed by atoms with Gasteiger partial charge in [-0.25, -0.2) is 0 Å². The average Bonchev–Trinajstić information content (AvgIpc) is 1.41. The highest BCUT2D eigenvalue weighted by molar-refractivity contribution is 4.81. The Labute approximate surface area is 40.6 Å². The van der Waals surface area contributed by atoms with Gasteiger partial charge in [0, 0.05) is 6.42 Å². The first-order valence-corrected chi connectivity index (χ1v) is 1.85. The van der Waals surface area contributed by atoms with Crippen molar-refractivity contribution in [3.05, 3.63) is 0 Å². The Morgan fingerprint density at radius 2 is 2.17 bits per heavy atom. The summed E-state index contributed by atoms with van der Waals surface area (Å²) in [4.78, 5) is 0. The standard InChI is InChI=1S/C5H8.CH4/c1-3-5-4-2;/h1H,4-5H2,2H3;1H4. The van der Waals surface area contributed by atoms with Crippen molar-refractivity contribution in [2.24, 2.45) is 0 Å². The second-order valence-electron chi connectivity index (χ2n) is 0.954. The Morgan fingerprint density at radius 1 is 1.67 bits per heavy atom. The Hall–Kier alpha value is -0.440. The van der Waals surface area contributed by atoms with E-state index in [9.17, 15) is 0 Å². The van der Waals surface area contributed by atoms with Crippen molar-refractivity contribution in [1.82, 2.24) is 0 Å². The average molecular weight is 84.2 g/mol. The minimum absolute atomic E-state index is 0. The molecule has 0 amide bonds. The molecule has 0 unspecified atom stereocenters. The summed E-state index contributed by atoms with van der Waals surface area (Å²) in [6.45, 7) is 2.07. The SMILES string of the molecule is C.C#CCCC. The molecule has 0 heteroatoms. The minimum Gasteiger partial charge on any atom is -0.120 e. The van der Waals surface area contributed by atoms with Gasteiger partial charge in [0.2, 0.25) is 0 Å². The highest BCUT2D eigenvalue weighted by Crippen LogP contribution is 1.77. The van der Waals surface area contributed by atoms with Crippen molar-refractivity contribution in [3.8, 4) is 12.3 Å². The molecule has 0 radical (unpaired) electrons. The fraction of sp³-hybridized carbons (Fsp3) is 0.667. The van der Waals surface area contributed by atoms with E-state index in [1.165, 1.54) is 0 Å². The van der Waals surface area contributed by atoms with Gasteiger partial charge in [-0.1, -0.05) is 14.4 Å². The van der Waals surface area contributed by atoms with Crippen LogP contribution in [-0.2, 0) is 0 Å². The summed E-state index contributed by atoms with van der Waals surface area (Å²) in [6, 6.07) is 0. The third kappa shape index (κ3) is 9.59. The van der Waals surface area contributed by atoms with Crippen LogP contribution in [0.3, 0.4) is 0 Å². The molecule has 0 aromatic heterocycles. The van der Waals surface area contributed by atoms with Gasteiger partial charge in [-0.3, -0.25) is 0 Å². The lowest BCUT2D eigenvalue weighted by molar-refractivity contribution is 0.984. The number of unbranched alkanes of at least 4 members (excludes halogenated alkanes) is 1. The first-order valence-electron chi connectivity index (χ1n) is 1.85. The topological polar surface area (TPSA) is 0 Å². The second-order valence-corrected chi connectivity index (χ2v) is 0.954. The van der Waals surface area contributed by atoms with Crippen LogP contribution in [0.4, 0.5) is 0 Å². The van der Waals surface area contributed by atoms with Gasteiger partial charge in [-0.05, 0) is 6.42 Å². The quantitative estimate of drug-likeness (QED) is 0.426. The van der Waals surface area contributed by atoms with Crippen LogP contribution >= 0.6 is 0 Å². The third-order valence-corrected chi connectivity index (χ3v) is 0.394. The van der Waals surface area contributed by atoms with Crippen molar-refractivity contribution in [1.29, 1.82) is 0 Å². The number of rotatable bonds is 1. The van der Waals surface area contributed by atoms with Gasteiger partial charge in [0.05, 0.1) is 0 Å². The van der Waals surface area contributed by atoms with Crippen LogP contribution in [-0.4, -0.2) is 0 Å². The van der Waals surface area contributed by atoms with Crippen molar-refractivity contribution < 1.29 is 0 Å². The molecule has 0 aliphatic carbocycles. The molecule has 0 bridgehead atoms. The van der Waals surface area contributed by atoms with Crippen LogP contribution in [0.2, 0.25) is 0 Å². The van der Waals surface area contributed by atoms with E-state index >= 15 is 0 Å². The van der Waals surface area contributed by atoms with E-state index in [1.54, 1.807) is 0 Å². The van der Waals surface area contributed by atoms with Crippen LogP contribution < -0.4 is 0 Å². The van der Waals surface area contributed by atoms with Crippen molar-refractivity contribution in [2.45, 2.75) is 27.2 Å². The zero-order valence-electron chi connectivity index (χ0n) is 3.49. The maximum atomic E-state index is 4.89. The lowest BCUT2D eigenvalue weighted by Crippen LogP contribution is -1.53. The second kappa shape index (κ2) is 8.82. The summed E-state index contributed by atoms with van der Waals surface area (Å²) in [5.74, 6) is 2.52. The van der Waals surface area contributed by atoms with Crippen LogP contribution in [0, 0.1) is 12.3 Å². The predicted molar refractivity (Wildman–Crippen MR) is 30.5 cm³/mol. The molecule has 0 aliphatic heterocycles. The maximum Gasteiger partial charge on any atom is 0.00834 e. The van der Waals surface area contributed by atoms with Crippen LogP contribution in [0.1, 0.15) is 27.2 Å². The van der Waals surface area contributed by atoms with E-state index in [0.29, 0.717) is 0 Å². The van der Waals surface area contributed by atoms with Crippen LogP contribution in [0.25, 0.3) is 0 Å². The molecule has 0 N–H and O–H groups in total. The molecule has 0 fully saturated rings. The highest BCUT2D eigenvalue weighted by atomic mass is 13.7. The summed E-state index contributed by atoms with van der Waals surface area (Å²) >= 11 is 0. The molecule has 36 valence electrons. The first kappa shape index (κ1) is 9.12. The lowest BCUT2D eigenvalue weighted by Gasteiger charge is -1.69. The van der Waals surface area contributed by atoms with Crippen molar-refractivity contribution in [3.63, 3.8) is 0 Å². The molecule has 0 aromatic carbocycles. The Morgan fingerprint density at radius 3 is 2.17 bits per heavy atom. The predicted octanol–water partition coefficient (Wildman–Crippen LogP) is 2.06. The Kier molecular flexibility index (Phi) is 13.4. The van der Waals surface area contributed by atoms with Crippen molar-refractivity contribution >= 4 is 0 Å². The lowest BCUT2D eigenvalue weighted by atomic mass is 10.4. The van der Waals surface area contributed by atoms with E-state index in [4.69, 9.17) is 6.42 Å². The van der Waals surface area contributed by atoms with Crippen LogP contribution in [0.15, 0.2) is 0 Å². The molecule has 0 aliphatic rings. The molecule has 0 heterocycles. The number of hydrogen-bond donors (Lipinski definition) is 0. The van der Waals surface area contributed by atoms with Gasteiger partial charge in [-0.2, -0.15) is 0 Å². The summed E-state index contributed by atoms with van der Waals surface area (Å²) in [6.07, 6.45) is 6.91. The number of terminal acetylenes is 1. The van der Waals surface area contributed by atoms with Gasteiger partial charge in [0.25, 0.3) is 0 Å². The molecule has 0 saturated carbocycles. The smallest absolute Gasteiger partial charge is 0.00834 e. The monoisotopic (exact) mass is 84.1 g/mol. The highest BCUT2D eigenvalue weighted by Gasteiger charge is 1.61. The van der Waals surface area contributed by atoms with Gasteiger partial charge in [-0.15, -0.1) is 12.3 Å². The fourth-order valence-electron chi connectivity index (χ4n) is 0.144. The van der Waals surface area contributed by atoms with E-state index < -0.39 is 0 Å². The normalized spacial score (nSPS) is 5.33. The number of hydrogen-bond acceptors (Lipinski definition) is 0. The minimum atomic E-state index is 0. The van der Waals surface area contributed by atoms with E-state index in [1.807, 2.05) is 0 Å². The van der Waals surface area contributed by atoms with Gasteiger partial charge < -0.3 is 0 Å². The van der Waals surface area contributed by atoms with E-state index in [0.717, 1.165) is 12.8 Å². The zero-order valence-corrected chi connectivity index (χ0v) is 3.49. The van der Waals surface area contributed by atoms with Gasteiger partial charge in [0.15, 0.2) is 0 Å². The van der Waals surface area contributed by atoms with Gasteiger partial charge >= 0.3 is 0 Å². The molecule has 0 saturated heterocycles. The molecule has 6 heavy (non-hydrogen) atoms. The largest absolute Gasteiger partial charge is 0.120 e. The maximum absolute atomic E-state index is 4.89. The Balaban J connectivity index is 0. The summed E-state index contributed by atoms with van der Waals surface area (Å²) in [5, 5.41) is 0. The molecule has 0 rings (SSSR count). The first-order chi connectivity index (χ1) is 2.41. The van der Waals surface area contributed by atoms with Crippen molar-refractivity contribution in [2.75, 3.05) is 0 Å². The molecule has 0 atom stereocenters. The summed E-state index contributed by atoms with van der Waals surface area (Å²) in [7, 11) is 0. The van der Waals surface area contributed by atoms with E-state index in [2.05, 4.69) is 12.8 Å². The molecular formula is C6H12. The Bertz CT molecular complexity index is 38.5. The molecule has 0 spiro atoms. The zero-order chi connectivity index (χ0) is 4.12. The summed E-state index contributed by atoms with van der Waals surface area (Å²) < 4.78 is 0. The third-order valence-electron chi connectivity index (χ3n) is 0.394. The van der Waals surface area contributed by atoms with Crippen LogP contribution in [0.5, 0.6) is 0 Å². The molecular weight excluding hydrogens is 72.1 g/mol. The summed E-state index contributed by atoms with van der Waals surface area (Å²) in [5.41, 5.74) is 0. The molecule has 0 aromatic rings. The van der Waals surface area contributed by atoms with E-state index in [-0.39, 0.29) is 7.43 Å². The fourth-order valence-corrected chi connectivity index (χ4v) is 0.144.